The van der Waals surface area contributed by atoms with Crippen LogP contribution >= 0.6 is 11.6 Å². The Kier molecular flexibility index (Phi) is 5.77. The lowest BCUT2D eigenvalue weighted by Crippen LogP contribution is -2.42. The molecule has 0 radical (unpaired) electrons. The van der Waals surface area contributed by atoms with E-state index < -0.39 is 27.5 Å². The average Bonchev–Trinajstić information content (AvgIpc) is 3.13. The number of hydrogen-bond donors (Lipinski definition) is 0. The van der Waals surface area contributed by atoms with Crippen LogP contribution in [0.3, 0.4) is 0 Å². The van der Waals surface area contributed by atoms with Crippen molar-refractivity contribution in [1.82, 2.24) is 14.2 Å². The largest absolute Gasteiger partial charge is 0.444 e. The Morgan fingerprint density at radius 1 is 1.38 bits per heavy atom. The zero-order chi connectivity index (χ0) is 21.6. The monoisotopic (exact) mass is 443 g/mol. The van der Waals surface area contributed by atoms with Gasteiger partial charge in [-0.1, -0.05) is 23.7 Å². The molecule has 1 atom stereocenters. The molecule has 0 saturated carbocycles. The molecule has 1 aliphatic heterocycles. The molecule has 1 aliphatic rings. The Balaban J connectivity index is 1.88. The molecule has 2 heterocycles. The number of ether oxygens (including phenoxy) is 1. The van der Waals surface area contributed by atoms with Crippen LogP contribution < -0.4 is 0 Å². The SMILES string of the molecule is CN(C(=O)OC(C)(C)C)C1CCN(S(=O)(=O)c2cccc3c(Cl)ncc(F)c23)C1. The standard InChI is InChI=1S/C19H23ClFN3O4S/c1-19(2,3)28-18(25)23(4)12-8-9-24(11-12)29(26,27)15-7-5-6-13-16(15)14(21)10-22-17(13)20/h5-7,10,12H,8-9,11H2,1-4H3. The molecule has 29 heavy (non-hydrogen) atoms. The minimum Gasteiger partial charge on any atom is -0.444 e. The van der Waals surface area contributed by atoms with E-state index in [1.165, 1.54) is 27.4 Å². The second-order valence-electron chi connectivity index (χ2n) is 7.97. The molecule has 1 saturated heterocycles. The normalized spacial score (nSPS) is 18.2. The number of benzene rings is 1. The predicted octanol–water partition coefficient (Wildman–Crippen LogP) is 3.66. The molecule has 3 rings (SSSR count). The van der Waals surface area contributed by atoms with Gasteiger partial charge in [0.05, 0.1) is 11.1 Å². The van der Waals surface area contributed by atoms with E-state index >= 15 is 0 Å². The maximum Gasteiger partial charge on any atom is 0.410 e. The van der Waals surface area contributed by atoms with Crippen LogP contribution in [0.2, 0.25) is 5.15 Å². The van der Waals surface area contributed by atoms with Crippen LogP contribution in [0, 0.1) is 5.82 Å². The number of rotatable bonds is 3. The minimum absolute atomic E-state index is 0.0300. The summed E-state index contributed by atoms with van der Waals surface area (Å²) in [6.45, 7) is 5.59. The summed E-state index contributed by atoms with van der Waals surface area (Å²) < 4.78 is 47.5. The molecule has 0 bridgehead atoms. The van der Waals surface area contributed by atoms with Crippen LogP contribution in [-0.2, 0) is 14.8 Å². The first-order chi connectivity index (χ1) is 13.4. The fraction of sp³-hybridized carbons (Fsp3) is 0.474. The number of amides is 1. The number of carbonyl (C=O) groups is 1. The third-order valence-electron chi connectivity index (χ3n) is 4.75. The summed E-state index contributed by atoms with van der Waals surface area (Å²) in [6, 6.07) is 4.03. The van der Waals surface area contributed by atoms with Gasteiger partial charge < -0.3 is 9.64 Å². The number of sulfonamides is 1. The fourth-order valence-corrected chi connectivity index (χ4v) is 5.19. The smallest absolute Gasteiger partial charge is 0.410 e. The predicted molar refractivity (Wildman–Crippen MR) is 108 cm³/mol. The van der Waals surface area contributed by atoms with E-state index in [4.69, 9.17) is 16.3 Å². The number of halogens is 2. The van der Waals surface area contributed by atoms with E-state index in [-0.39, 0.29) is 40.0 Å². The summed E-state index contributed by atoms with van der Waals surface area (Å²) in [5.41, 5.74) is -0.649. The Hall–Kier alpha value is -1.97. The molecule has 1 fully saturated rings. The average molecular weight is 444 g/mol. The molecule has 158 valence electrons. The zero-order valence-corrected chi connectivity index (χ0v) is 18.2. The highest BCUT2D eigenvalue weighted by Crippen LogP contribution is 2.32. The lowest BCUT2D eigenvalue weighted by Gasteiger charge is -2.28. The highest BCUT2D eigenvalue weighted by Gasteiger charge is 2.37. The third-order valence-corrected chi connectivity index (χ3v) is 6.96. The highest BCUT2D eigenvalue weighted by molar-refractivity contribution is 7.89. The summed E-state index contributed by atoms with van der Waals surface area (Å²) in [4.78, 5) is 17.3. The molecule has 0 spiro atoms. The maximum absolute atomic E-state index is 14.4. The Labute approximate surface area is 174 Å². The lowest BCUT2D eigenvalue weighted by molar-refractivity contribution is 0.0232. The third kappa shape index (κ3) is 4.31. The van der Waals surface area contributed by atoms with Gasteiger partial charge in [0, 0.05) is 37.0 Å². The van der Waals surface area contributed by atoms with E-state index in [2.05, 4.69) is 4.98 Å². The van der Waals surface area contributed by atoms with E-state index in [1.54, 1.807) is 27.8 Å². The summed E-state index contributed by atoms with van der Waals surface area (Å²) in [6.07, 6.45) is 0.841. The van der Waals surface area contributed by atoms with Crippen molar-refractivity contribution in [2.24, 2.45) is 0 Å². The summed E-state index contributed by atoms with van der Waals surface area (Å²) >= 11 is 6.02. The Morgan fingerprint density at radius 2 is 2.07 bits per heavy atom. The van der Waals surface area contributed by atoms with Gasteiger partial charge in [0.15, 0.2) is 5.82 Å². The number of carbonyl (C=O) groups excluding carboxylic acids is 1. The van der Waals surface area contributed by atoms with Crippen LogP contribution in [-0.4, -0.2) is 60.5 Å². The summed E-state index contributed by atoms with van der Waals surface area (Å²) in [5, 5.41) is 0.174. The van der Waals surface area contributed by atoms with Gasteiger partial charge in [-0.25, -0.2) is 22.6 Å². The number of pyridine rings is 1. The second-order valence-corrected chi connectivity index (χ2v) is 10.2. The zero-order valence-electron chi connectivity index (χ0n) is 16.6. The Morgan fingerprint density at radius 3 is 2.72 bits per heavy atom. The number of nitrogens with zero attached hydrogens (tertiary/aromatic N) is 3. The Bertz CT molecular complexity index is 1060. The summed E-state index contributed by atoms with van der Waals surface area (Å²) in [5.74, 6) is -0.759. The first-order valence-electron chi connectivity index (χ1n) is 9.10. The van der Waals surface area contributed by atoms with Crippen LogP contribution in [0.4, 0.5) is 9.18 Å². The molecular formula is C19H23ClFN3O4S. The van der Waals surface area contributed by atoms with Crippen molar-refractivity contribution in [3.63, 3.8) is 0 Å². The van der Waals surface area contributed by atoms with Gasteiger partial charge in [0.2, 0.25) is 10.0 Å². The van der Waals surface area contributed by atoms with Crippen molar-refractivity contribution >= 4 is 38.5 Å². The highest BCUT2D eigenvalue weighted by atomic mass is 35.5. The summed E-state index contributed by atoms with van der Waals surface area (Å²) in [7, 11) is -2.42. The minimum atomic E-state index is -4.00. The van der Waals surface area contributed by atoms with Crippen LogP contribution in [0.5, 0.6) is 0 Å². The molecule has 1 unspecified atom stereocenters. The molecule has 7 nitrogen and oxygen atoms in total. The quantitative estimate of drug-likeness (QED) is 0.676. The van der Waals surface area contributed by atoms with Gasteiger partial charge in [-0.2, -0.15) is 4.31 Å². The van der Waals surface area contributed by atoms with Crippen molar-refractivity contribution in [1.29, 1.82) is 0 Å². The van der Waals surface area contributed by atoms with Gasteiger partial charge in [0.1, 0.15) is 10.8 Å². The molecule has 0 aliphatic carbocycles. The molecular weight excluding hydrogens is 421 g/mol. The first-order valence-corrected chi connectivity index (χ1v) is 10.9. The molecule has 1 amide bonds. The number of fused-ring (bicyclic) bond motifs is 1. The molecule has 0 N–H and O–H groups in total. The fourth-order valence-electron chi connectivity index (χ4n) is 3.28. The number of aromatic nitrogens is 1. The van der Waals surface area contributed by atoms with E-state index in [0.717, 1.165) is 6.20 Å². The van der Waals surface area contributed by atoms with Crippen LogP contribution in [0.25, 0.3) is 10.8 Å². The lowest BCUT2D eigenvalue weighted by atomic mass is 10.2. The van der Waals surface area contributed by atoms with Crippen molar-refractivity contribution in [2.75, 3.05) is 20.1 Å². The van der Waals surface area contributed by atoms with Crippen LogP contribution in [0.1, 0.15) is 27.2 Å². The molecule has 10 heteroatoms. The van der Waals surface area contributed by atoms with Crippen molar-refractivity contribution < 1.29 is 22.3 Å². The van der Waals surface area contributed by atoms with Gasteiger partial charge in [-0.15, -0.1) is 0 Å². The number of hydrogen-bond acceptors (Lipinski definition) is 5. The van der Waals surface area contributed by atoms with Crippen molar-refractivity contribution in [2.45, 2.75) is 43.7 Å². The van der Waals surface area contributed by atoms with Gasteiger partial charge in [-0.05, 0) is 33.3 Å². The van der Waals surface area contributed by atoms with Crippen molar-refractivity contribution in [3.05, 3.63) is 35.4 Å². The first kappa shape index (κ1) is 21.7. The van der Waals surface area contributed by atoms with Crippen LogP contribution in [0.15, 0.2) is 29.3 Å². The molecule has 2 aromatic rings. The van der Waals surface area contributed by atoms with Gasteiger partial charge in [0.25, 0.3) is 0 Å². The van der Waals surface area contributed by atoms with Gasteiger partial charge >= 0.3 is 6.09 Å². The molecule has 1 aromatic heterocycles. The number of likely N-dealkylation sites (N-methyl/N-ethyl adjacent to an activating group) is 1. The van der Waals surface area contributed by atoms with E-state index in [1.807, 2.05) is 0 Å². The van der Waals surface area contributed by atoms with E-state index in [0.29, 0.717) is 6.42 Å². The molecule has 1 aromatic carbocycles. The van der Waals surface area contributed by atoms with Gasteiger partial charge in [-0.3, -0.25) is 0 Å². The topological polar surface area (TPSA) is 79.8 Å². The van der Waals surface area contributed by atoms with Crippen molar-refractivity contribution in [3.8, 4) is 0 Å². The second kappa shape index (κ2) is 7.70. The maximum atomic E-state index is 14.4. The van der Waals surface area contributed by atoms with E-state index in [9.17, 15) is 17.6 Å².